The van der Waals surface area contributed by atoms with Gasteiger partial charge in [0.15, 0.2) is 0 Å². The molecule has 0 spiro atoms. The van der Waals surface area contributed by atoms with Crippen molar-refractivity contribution in [3.8, 4) is 11.1 Å². The van der Waals surface area contributed by atoms with Gasteiger partial charge in [-0.25, -0.2) is 0 Å². The average molecular weight is 308 g/mol. The summed E-state index contributed by atoms with van der Waals surface area (Å²) >= 11 is 7.87. The van der Waals surface area contributed by atoms with Gasteiger partial charge in [0.1, 0.15) is 0 Å². The van der Waals surface area contributed by atoms with E-state index in [2.05, 4.69) is 6.92 Å². The van der Waals surface area contributed by atoms with E-state index in [1.165, 1.54) is 6.07 Å². The van der Waals surface area contributed by atoms with E-state index >= 15 is 0 Å². The molecule has 0 saturated carbocycles. The highest BCUT2D eigenvalue weighted by atomic mass is 35.5. The van der Waals surface area contributed by atoms with Crippen LogP contribution in [-0.2, 0) is 0 Å². The summed E-state index contributed by atoms with van der Waals surface area (Å²) in [4.78, 5) is 11.5. The Morgan fingerprint density at radius 3 is 2.65 bits per heavy atom. The van der Waals surface area contributed by atoms with Crippen molar-refractivity contribution < 1.29 is 4.92 Å². The second-order valence-corrected chi connectivity index (χ2v) is 5.85. The third-order valence-corrected chi connectivity index (χ3v) is 4.49. The minimum absolute atomic E-state index is 0.0974. The molecule has 3 nitrogen and oxygen atoms in total. The Morgan fingerprint density at radius 1 is 1.20 bits per heavy atom. The van der Waals surface area contributed by atoms with E-state index in [-0.39, 0.29) is 10.6 Å². The number of non-ortho nitro benzene ring substituents is 1. The molecular weight excluding hydrogens is 294 g/mol. The lowest BCUT2D eigenvalue weighted by atomic mass is 10.1. The van der Waals surface area contributed by atoms with E-state index in [1.54, 1.807) is 23.9 Å². The van der Waals surface area contributed by atoms with Crippen molar-refractivity contribution in [3.63, 3.8) is 0 Å². The standard InChI is InChI=1S/C15H14ClNO2S/c1-2-8-20-15-10-12(6-7-14(15)16)11-4-3-5-13(9-11)17(18)19/h3-7,9-10H,2,8H2,1H3. The Bertz CT molecular complexity index is 631. The van der Waals surface area contributed by atoms with Crippen molar-refractivity contribution in [1.82, 2.24) is 0 Å². The van der Waals surface area contributed by atoms with Crippen LogP contribution in [-0.4, -0.2) is 10.7 Å². The Labute approximate surface area is 127 Å². The van der Waals surface area contributed by atoms with Crippen LogP contribution < -0.4 is 0 Å². The highest BCUT2D eigenvalue weighted by Crippen LogP contribution is 2.33. The van der Waals surface area contributed by atoms with Gasteiger partial charge in [-0.15, -0.1) is 11.8 Å². The van der Waals surface area contributed by atoms with Crippen LogP contribution >= 0.6 is 23.4 Å². The molecule has 2 aromatic carbocycles. The molecule has 2 rings (SSSR count). The van der Waals surface area contributed by atoms with Gasteiger partial charge in [0.25, 0.3) is 5.69 Å². The minimum Gasteiger partial charge on any atom is -0.258 e. The zero-order valence-corrected chi connectivity index (χ0v) is 12.6. The quantitative estimate of drug-likeness (QED) is 0.421. The fourth-order valence-electron chi connectivity index (χ4n) is 1.80. The Kier molecular flexibility index (Phi) is 5.04. The Morgan fingerprint density at radius 2 is 1.95 bits per heavy atom. The maximum absolute atomic E-state index is 10.8. The summed E-state index contributed by atoms with van der Waals surface area (Å²) in [6.45, 7) is 2.12. The Hall–Kier alpha value is -1.52. The number of nitro groups is 1. The van der Waals surface area contributed by atoms with Crippen LogP contribution in [0, 0.1) is 10.1 Å². The minimum atomic E-state index is -0.383. The van der Waals surface area contributed by atoms with Crippen molar-refractivity contribution >= 4 is 29.1 Å². The number of halogens is 1. The van der Waals surface area contributed by atoms with Crippen molar-refractivity contribution in [2.45, 2.75) is 18.2 Å². The van der Waals surface area contributed by atoms with Crippen LogP contribution in [0.25, 0.3) is 11.1 Å². The number of nitro benzene ring substituents is 1. The summed E-state index contributed by atoms with van der Waals surface area (Å²) in [5.41, 5.74) is 1.87. The van der Waals surface area contributed by atoms with Crippen molar-refractivity contribution in [1.29, 1.82) is 0 Å². The van der Waals surface area contributed by atoms with Crippen molar-refractivity contribution in [2.75, 3.05) is 5.75 Å². The number of thioether (sulfide) groups is 1. The van der Waals surface area contributed by atoms with Crippen molar-refractivity contribution in [2.24, 2.45) is 0 Å². The normalized spacial score (nSPS) is 10.5. The lowest BCUT2D eigenvalue weighted by molar-refractivity contribution is -0.384. The molecule has 0 aliphatic rings. The molecule has 0 aliphatic carbocycles. The Balaban J connectivity index is 2.37. The zero-order chi connectivity index (χ0) is 14.5. The lowest BCUT2D eigenvalue weighted by Gasteiger charge is -2.07. The monoisotopic (exact) mass is 307 g/mol. The maximum Gasteiger partial charge on any atom is 0.270 e. The highest BCUT2D eigenvalue weighted by molar-refractivity contribution is 7.99. The molecule has 0 amide bonds. The van der Waals surface area contributed by atoms with E-state index in [0.717, 1.165) is 33.2 Å². The van der Waals surface area contributed by atoms with Gasteiger partial charge < -0.3 is 0 Å². The van der Waals surface area contributed by atoms with E-state index in [0.29, 0.717) is 0 Å². The molecule has 0 radical (unpaired) electrons. The van der Waals surface area contributed by atoms with Gasteiger partial charge in [0.2, 0.25) is 0 Å². The van der Waals surface area contributed by atoms with Crippen molar-refractivity contribution in [3.05, 3.63) is 57.6 Å². The summed E-state index contributed by atoms with van der Waals surface area (Å²) in [7, 11) is 0. The van der Waals surface area contributed by atoms with Crippen LogP contribution in [0.5, 0.6) is 0 Å². The van der Waals surface area contributed by atoms with Gasteiger partial charge in [-0.1, -0.05) is 36.7 Å². The molecular formula is C15H14ClNO2S. The topological polar surface area (TPSA) is 43.1 Å². The number of rotatable bonds is 5. The molecule has 0 aliphatic heterocycles. The number of hydrogen-bond donors (Lipinski definition) is 0. The first-order valence-electron chi connectivity index (χ1n) is 6.29. The summed E-state index contributed by atoms with van der Waals surface area (Å²) in [5, 5.41) is 11.5. The van der Waals surface area contributed by atoms with Crippen LogP contribution in [0.3, 0.4) is 0 Å². The van der Waals surface area contributed by atoms with Gasteiger partial charge in [-0.05, 0) is 35.4 Å². The smallest absolute Gasteiger partial charge is 0.258 e. The molecule has 0 saturated heterocycles. The SMILES string of the molecule is CCCSc1cc(-c2cccc([N+](=O)[O-])c2)ccc1Cl. The highest BCUT2D eigenvalue weighted by Gasteiger charge is 2.09. The number of nitrogens with zero attached hydrogens (tertiary/aromatic N) is 1. The zero-order valence-electron chi connectivity index (χ0n) is 11.0. The van der Waals surface area contributed by atoms with Gasteiger partial charge in [-0.2, -0.15) is 0 Å². The largest absolute Gasteiger partial charge is 0.270 e. The fraction of sp³-hybridized carbons (Fsp3) is 0.200. The summed E-state index contributed by atoms with van der Waals surface area (Å²) in [6.07, 6.45) is 1.07. The van der Waals surface area contributed by atoms with Crippen LogP contribution in [0.2, 0.25) is 5.02 Å². The molecule has 5 heteroatoms. The second-order valence-electron chi connectivity index (χ2n) is 4.30. The predicted molar refractivity (Wildman–Crippen MR) is 84.6 cm³/mol. The summed E-state index contributed by atoms with van der Waals surface area (Å²) < 4.78 is 0. The van der Waals surface area contributed by atoms with E-state index in [1.807, 2.05) is 24.3 Å². The van der Waals surface area contributed by atoms with Gasteiger partial charge in [0.05, 0.1) is 9.95 Å². The van der Waals surface area contributed by atoms with Crippen LogP contribution in [0.4, 0.5) is 5.69 Å². The first-order valence-corrected chi connectivity index (χ1v) is 7.65. The molecule has 104 valence electrons. The predicted octanol–water partition coefficient (Wildman–Crippen LogP) is 5.42. The van der Waals surface area contributed by atoms with Crippen LogP contribution in [0.1, 0.15) is 13.3 Å². The van der Waals surface area contributed by atoms with E-state index < -0.39 is 0 Å². The molecule has 0 heterocycles. The molecule has 0 unspecified atom stereocenters. The van der Waals surface area contributed by atoms with Crippen LogP contribution in [0.15, 0.2) is 47.4 Å². The molecule has 0 aromatic heterocycles. The maximum atomic E-state index is 10.8. The lowest BCUT2D eigenvalue weighted by Crippen LogP contribution is -1.88. The third kappa shape index (κ3) is 3.52. The molecule has 0 N–H and O–H groups in total. The first-order chi connectivity index (χ1) is 9.61. The summed E-state index contributed by atoms with van der Waals surface area (Å²) in [6, 6.07) is 12.3. The number of hydrogen-bond acceptors (Lipinski definition) is 3. The van der Waals surface area contributed by atoms with Gasteiger partial charge in [0, 0.05) is 17.0 Å². The molecule has 0 bridgehead atoms. The average Bonchev–Trinajstić information content (AvgIpc) is 2.46. The molecule has 2 aromatic rings. The van der Waals surface area contributed by atoms with Gasteiger partial charge >= 0.3 is 0 Å². The fourth-order valence-corrected chi connectivity index (χ4v) is 2.93. The summed E-state index contributed by atoms with van der Waals surface area (Å²) in [5.74, 6) is 0.998. The molecule has 20 heavy (non-hydrogen) atoms. The molecule has 0 atom stereocenters. The molecule has 0 fully saturated rings. The number of benzene rings is 2. The van der Waals surface area contributed by atoms with E-state index in [4.69, 9.17) is 11.6 Å². The second kappa shape index (κ2) is 6.77. The van der Waals surface area contributed by atoms with Gasteiger partial charge in [-0.3, -0.25) is 10.1 Å². The van der Waals surface area contributed by atoms with E-state index in [9.17, 15) is 10.1 Å². The first kappa shape index (κ1) is 14.9. The third-order valence-electron chi connectivity index (χ3n) is 2.78.